The van der Waals surface area contributed by atoms with Crippen LogP contribution in [0.3, 0.4) is 0 Å². The summed E-state index contributed by atoms with van der Waals surface area (Å²) in [6.07, 6.45) is 4.82. The van der Waals surface area contributed by atoms with Crippen LogP contribution in [0.2, 0.25) is 5.02 Å². The number of hydrogen-bond acceptors (Lipinski definition) is 5. The number of aromatic amines is 1. The summed E-state index contributed by atoms with van der Waals surface area (Å²) < 4.78 is 5.99. The molecule has 3 heterocycles. The van der Waals surface area contributed by atoms with E-state index >= 15 is 0 Å². The normalized spacial score (nSPS) is 16.8. The Hall–Kier alpha value is -2.93. The van der Waals surface area contributed by atoms with Crippen molar-refractivity contribution in [1.29, 1.82) is 0 Å². The predicted molar refractivity (Wildman–Crippen MR) is 108 cm³/mol. The van der Waals surface area contributed by atoms with Crippen LogP contribution in [0.4, 0.5) is 0 Å². The molecule has 0 saturated carbocycles. The lowest BCUT2D eigenvalue weighted by Crippen LogP contribution is -2.39. The Balaban J connectivity index is 1.58. The van der Waals surface area contributed by atoms with E-state index < -0.39 is 5.69 Å². The van der Waals surface area contributed by atoms with Crippen molar-refractivity contribution in [3.05, 3.63) is 80.6 Å². The largest absolute Gasteiger partial charge is 0.443 e. The SMILES string of the molecule is Cc1cc(C(=O)N2CCCC[C@@H]2c2ncc(Cc3ccccc3Cl)o2)nc(=O)[nH]1. The molecule has 1 fully saturated rings. The molecule has 4 rings (SSSR count). The highest BCUT2D eigenvalue weighted by Crippen LogP contribution is 2.32. The van der Waals surface area contributed by atoms with E-state index in [9.17, 15) is 9.59 Å². The quantitative estimate of drug-likeness (QED) is 0.705. The molecule has 29 heavy (non-hydrogen) atoms. The van der Waals surface area contributed by atoms with Crippen LogP contribution >= 0.6 is 11.6 Å². The van der Waals surface area contributed by atoms with Crippen LogP contribution in [0.15, 0.2) is 45.7 Å². The zero-order valence-electron chi connectivity index (χ0n) is 16.0. The molecule has 3 aromatic rings. The van der Waals surface area contributed by atoms with Gasteiger partial charge in [0.15, 0.2) is 0 Å². The lowest BCUT2D eigenvalue weighted by Gasteiger charge is -2.33. The van der Waals surface area contributed by atoms with E-state index in [0.717, 1.165) is 24.8 Å². The molecule has 2 aromatic heterocycles. The fourth-order valence-corrected chi connectivity index (χ4v) is 3.86. The van der Waals surface area contributed by atoms with Crippen molar-refractivity contribution in [1.82, 2.24) is 19.9 Å². The molecule has 8 heteroatoms. The number of carbonyl (C=O) groups excluding carboxylic acids is 1. The third-order valence-electron chi connectivity index (χ3n) is 5.04. The van der Waals surface area contributed by atoms with E-state index in [1.54, 1.807) is 24.1 Å². The highest BCUT2D eigenvalue weighted by Gasteiger charge is 2.32. The number of likely N-dealkylation sites (tertiary alicyclic amines) is 1. The molecular formula is C21H21ClN4O3. The van der Waals surface area contributed by atoms with Gasteiger partial charge < -0.3 is 14.3 Å². The maximum atomic E-state index is 13.1. The van der Waals surface area contributed by atoms with Crippen LogP contribution in [-0.2, 0) is 6.42 Å². The molecule has 150 valence electrons. The zero-order valence-corrected chi connectivity index (χ0v) is 16.8. The van der Waals surface area contributed by atoms with Gasteiger partial charge in [-0.15, -0.1) is 0 Å². The van der Waals surface area contributed by atoms with Gasteiger partial charge in [-0.3, -0.25) is 4.79 Å². The van der Waals surface area contributed by atoms with Gasteiger partial charge in [0, 0.05) is 23.7 Å². The average Bonchev–Trinajstić information content (AvgIpc) is 3.17. The lowest BCUT2D eigenvalue weighted by atomic mass is 10.0. The minimum atomic E-state index is -0.528. The minimum Gasteiger partial charge on any atom is -0.443 e. The Bertz CT molecular complexity index is 1090. The number of piperidine rings is 1. The fourth-order valence-electron chi connectivity index (χ4n) is 3.66. The van der Waals surface area contributed by atoms with Crippen molar-refractivity contribution in [2.45, 2.75) is 38.6 Å². The average molecular weight is 413 g/mol. The number of hydrogen-bond donors (Lipinski definition) is 1. The van der Waals surface area contributed by atoms with Gasteiger partial charge in [0.05, 0.1) is 6.20 Å². The number of halogens is 1. The van der Waals surface area contributed by atoms with Gasteiger partial charge in [0.2, 0.25) is 5.89 Å². The Kier molecular flexibility index (Phi) is 5.49. The molecule has 1 amide bonds. The molecule has 0 unspecified atom stereocenters. The number of nitrogens with zero attached hydrogens (tertiary/aromatic N) is 3. The summed E-state index contributed by atoms with van der Waals surface area (Å²) >= 11 is 6.24. The van der Waals surface area contributed by atoms with Crippen LogP contribution in [0, 0.1) is 6.92 Å². The summed E-state index contributed by atoms with van der Waals surface area (Å²) in [5.74, 6) is 0.910. The van der Waals surface area contributed by atoms with Gasteiger partial charge in [-0.25, -0.2) is 9.78 Å². The number of aryl methyl sites for hydroxylation is 1. The van der Waals surface area contributed by atoms with Crippen LogP contribution < -0.4 is 5.69 Å². The van der Waals surface area contributed by atoms with Gasteiger partial charge in [-0.2, -0.15) is 4.98 Å². The number of nitrogens with one attached hydrogen (secondary N) is 1. The molecule has 1 aromatic carbocycles. The Morgan fingerprint density at radius 3 is 2.97 bits per heavy atom. The number of oxazole rings is 1. The third-order valence-corrected chi connectivity index (χ3v) is 5.41. The Morgan fingerprint density at radius 1 is 1.34 bits per heavy atom. The number of benzene rings is 1. The third kappa shape index (κ3) is 4.24. The summed E-state index contributed by atoms with van der Waals surface area (Å²) in [6, 6.07) is 8.91. The van der Waals surface area contributed by atoms with Crippen molar-refractivity contribution in [2.75, 3.05) is 6.54 Å². The van der Waals surface area contributed by atoms with Crippen LogP contribution in [0.25, 0.3) is 0 Å². The molecular weight excluding hydrogens is 392 g/mol. The minimum absolute atomic E-state index is 0.140. The second-order valence-corrected chi connectivity index (χ2v) is 7.60. The van der Waals surface area contributed by atoms with Gasteiger partial charge >= 0.3 is 5.69 Å². The van der Waals surface area contributed by atoms with E-state index in [0.29, 0.717) is 35.3 Å². The summed E-state index contributed by atoms with van der Waals surface area (Å²) in [6.45, 7) is 2.29. The summed E-state index contributed by atoms with van der Waals surface area (Å²) in [7, 11) is 0. The van der Waals surface area contributed by atoms with Gasteiger partial charge in [-0.1, -0.05) is 29.8 Å². The molecule has 1 aliphatic heterocycles. The molecule has 0 spiro atoms. The molecule has 1 saturated heterocycles. The fraction of sp³-hybridized carbons (Fsp3) is 0.333. The number of H-pyrrole nitrogens is 1. The maximum Gasteiger partial charge on any atom is 0.345 e. The maximum absolute atomic E-state index is 13.1. The standard InChI is InChI=1S/C21H21ClN4O3/c1-13-10-17(25-21(28)24-13)20(27)26-9-5-4-8-18(26)19-23-12-15(29-19)11-14-6-2-3-7-16(14)22/h2-3,6-7,10,12,18H,4-5,8-9,11H2,1H3,(H,24,25,28)/t18-/m1/s1. The van der Waals surface area contributed by atoms with Gasteiger partial charge in [-0.05, 0) is 43.9 Å². The highest BCUT2D eigenvalue weighted by atomic mass is 35.5. The molecule has 0 bridgehead atoms. The number of aromatic nitrogens is 3. The van der Waals surface area contributed by atoms with Crippen molar-refractivity contribution >= 4 is 17.5 Å². The molecule has 1 aliphatic rings. The van der Waals surface area contributed by atoms with E-state index in [4.69, 9.17) is 16.0 Å². The molecule has 7 nitrogen and oxygen atoms in total. The van der Waals surface area contributed by atoms with E-state index in [1.807, 2.05) is 24.3 Å². The Morgan fingerprint density at radius 2 is 2.17 bits per heavy atom. The number of rotatable bonds is 4. The van der Waals surface area contributed by atoms with E-state index in [2.05, 4.69) is 15.0 Å². The van der Waals surface area contributed by atoms with E-state index in [-0.39, 0.29) is 17.6 Å². The van der Waals surface area contributed by atoms with Crippen LogP contribution in [-0.4, -0.2) is 32.3 Å². The highest BCUT2D eigenvalue weighted by molar-refractivity contribution is 6.31. The van der Waals surface area contributed by atoms with Crippen molar-refractivity contribution in [2.24, 2.45) is 0 Å². The first kappa shape index (κ1) is 19.4. The Labute approximate surface area is 172 Å². The second kappa shape index (κ2) is 8.21. The van der Waals surface area contributed by atoms with Crippen LogP contribution in [0.5, 0.6) is 0 Å². The molecule has 0 radical (unpaired) electrons. The van der Waals surface area contributed by atoms with Gasteiger partial charge in [0.25, 0.3) is 5.91 Å². The topological polar surface area (TPSA) is 92.1 Å². The first-order valence-electron chi connectivity index (χ1n) is 9.58. The zero-order chi connectivity index (χ0) is 20.4. The van der Waals surface area contributed by atoms with Gasteiger partial charge in [0.1, 0.15) is 17.5 Å². The first-order valence-corrected chi connectivity index (χ1v) is 9.96. The smallest absolute Gasteiger partial charge is 0.345 e. The van der Waals surface area contributed by atoms with Crippen LogP contribution in [0.1, 0.15) is 58.7 Å². The summed E-state index contributed by atoms with van der Waals surface area (Å²) in [5, 5.41) is 0.677. The van der Waals surface area contributed by atoms with Crippen molar-refractivity contribution in [3.63, 3.8) is 0 Å². The number of amides is 1. The predicted octanol–water partition coefficient (Wildman–Crippen LogP) is 3.68. The second-order valence-electron chi connectivity index (χ2n) is 7.20. The monoisotopic (exact) mass is 412 g/mol. The van der Waals surface area contributed by atoms with E-state index in [1.165, 1.54) is 0 Å². The summed E-state index contributed by atoms with van der Waals surface area (Å²) in [5.41, 5.74) is 1.16. The molecule has 0 aliphatic carbocycles. The summed E-state index contributed by atoms with van der Waals surface area (Å²) in [4.78, 5) is 37.3. The van der Waals surface area contributed by atoms with Crippen molar-refractivity contribution in [3.8, 4) is 0 Å². The lowest BCUT2D eigenvalue weighted by molar-refractivity contribution is 0.0563. The molecule has 1 N–H and O–H groups in total. The van der Waals surface area contributed by atoms with Crippen molar-refractivity contribution < 1.29 is 9.21 Å². The molecule has 1 atom stereocenters. The first-order chi connectivity index (χ1) is 14.0. The number of carbonyl (C=O) groups is 1.